The molecule has 1 atom stereocenters. The molecule has 2 bridgehead atoms. The molecule has 4 heteroatoms. The largest absolute Gasteiger partial charge is 0.235 e. The van der Waals surface area contributed by atoms with Gasteiger partial charge in [0.25, 0.3) is 0 Å². The van der Waals surface area contributed by atoms with Crippen LogP contribution in [0.3, 0.4) is 0 Å². The Balaban J connectivity index is 0.000000232. The molecule has 94 valence electrons. The average Bonchev–Trinajstić information content (AvgIpc) is 2.50. The van der Waals surface area contributed by atoms with Gasteiger partial charge in [0.2, 0.25) is 12.2 Å². The lowest BCUT2D eigenvalue weighted by molar-refractivity contribution is 0.498. The summed E-state index contributed by atoms with van der Waals surface area (Å²) in [6, 6.07) is 8.23. The van der Waals surface area contributed by atoms with E-state index in [-0.39, 0.29) is 11.6 Å². The first-order valence-electron chi connectivity index (χ1n) is 5.77. The summed E-state index contributed by atoms with van der Waals surface area (Å²) in [6.45, 7) is 5.61. The molecular formula is C14H16N2O2. The van der Waals surface area contributed by atoms with Gasteiger partial charge in [0.1, 0.15) is 0 Å². The monoisotopic (exact) mass is 244 g/mol. The van der Waals surface area contributed by atoms with Crippen LogP contribution in [-0.4, -0.2) is 18.2 Å². The maximum absolute atomic E-state index is 10.2. The molecule has 4 nitrogen and oxygen atoms in total. The minimum atomic E-state index is -0.347. The number of hydrogen-bond acceptors (Lipinski definition) is 4. The van der Waals surface area contributed by atoms with E-state index in [0.29, 0.717) is 0 Å². The van der Waals surface area contributed by atoms with Crippen LogP contribution in [0.1, 0.15) is 31.9 Å². The van der Waals surface area contributed by atoms with Gasteiger partial charge in [0.05, 0.1) is 11.6 Å². The van der Waals surface area contributed by atoms with E-state index in [0.717, 1.165) is 12.0 Å². The lowest BCUT2D eigenvalue weighted by Crippen LogP contribution is -2.16. The summed E-state index contributed by atoms with van der Waals surface area (Å²) in [5.41, 5.74) is 2.01. The van der Waals surface area contributed by atoms with E-state index >= 15 is 0 Å². The van der Waals surface area contributed by atoms with Gasteiger partial charge in [0.15, 0.2) is 0 Å². The van der Waals surface area contributed by atoms with Gasteiger partial charge in [-0.05, 0) is 31.9 Å². The van der Waals surface area contributed by atoms with Crippen LogP contribution in [0.2, 0.25) is 0 Å². The molecule has 1 aromatic rings. The Morgan fingerprint density at radius 1 is 1.28 bits per heavy atom. The number of fused-ring (bicyclic) bond motifs is 2. The van der Waals surface area contributed by atoms with Crippen molar-refractivity contribution in [2.75, 3.05) is 0 Å². The third kappa shape index (κ3) is 3.49. The highest BCUT2D eigenvalue weighted by Crippen LogP contribution is 2.35. The van der Waals surface area contributed by atoms with Crippen molar-refractivity contribution < 1.29 is 9.59 Å². The lowest BCUT2D eigenvalue weighted by Gasteiger charge is -2.15. The van der Waals surface area contributed by atoms with Gasteiger partial charge >= 0.3 is 0 Å². The standard InChI is InChI=1S/C10H9NO.C4H7NO/c1-10(11-7-12)6-8-3-2-4-9(10)5-8;1-4(2)5-3-6/h2-5H,6H2,1H3;4H,1-2H3. The molecule has 1 aromatic carbocycles. The Morgan fingerprint density at radius 3 is 2.44 bits per heavy atom. The minimum absolute atomic E-state index is 0.0995. The summed E-state index contributed by atoms with van der Waals surface area (Å²) in [5.74, 6) is 0. The average molecular weight is 244 g/mol. The number of benzene rings is 1. The second kappa shape index (κ2) is 6.06. The highest BCUT2D eigenvalue weighted by molar-refractivity contribution is 5.43. The zero-order valence-electron chi connectivity index (χ0n) is 10.8. The molecule has 1 unspecified atom stereocenters. The molecule has 0 aliphatic heterocycles. The van der Waals surface area contributed by atoms with Crippen LogP contribution >= 0.6 is 0 Å². The van der Waals surface area contributed by atoms with Gasteiger partial charge in [-0.3, -0.25) is 0 Å². The van der Waals surface area contributed by atoms with Crippen LogP contribution in [0.25, 0.3) is 0 Å². The summed E-state index contributed by atoms with van der Waals surface area (Å²) in [4.78, 5) is 26.7. The van der Waals surface area contributed by atoms with E-state index in [2.05, 4.69) is 22.1 Å². The molecule has 1 aliphatic carbocycles. The molecule has 0 aromatic heterocycles. The molecule has 0 fully saturated rings. The van der Waals surface area contributed by atoms with E-state index in [1.165, 1.54) is 11.6 Å². The Kier molecular flexibility index (Phi) is 4.73. The fraction of sp³-hybridized carbons (Fsp3) is 0.429. The fourth-order valence-corrected chi connectivity index (χ4v) is 1.83. The van der Waals surface area contributed by atoms with Gasteiger partial charge in [-0.15, -0.1) is 0 Å². The van der Waals surface area contributed by atoms with E-state index in [9.17, 15) is 9.59 Å². The molecule has 0 amide bonds. The Morgan fingerprint density at radius 2 is 2.00 bits per heavy atom. The van der Waals surface area contributed by atoms with Crippen molar-refractivity contribution in [3.8, 4) is 0 Å². The number of rotatable bonds is 2. The van der Waals surface area contributed by atoms with E-state index in [4.69, 9.17) is 0 Å². The predicted octanol–water partition coefficient (Wildman–Crippen LogP) is 2.52. The van der Waals surface area contributed by atoms with Crippen molar-refractivity contribution in [2.45, 2.75) is 38.8 Å². The summed E-state index contributed by atoms with van der Waals surface area (Å²) in [6.07, 6.45) is 3.90. The van der Waals surface area contributed by atoms with Gasteiger partial charge in [0, 0.05) is 6.42 Å². The molecular weight excluding hydrogens is 228 g/mol. The topological polar surface area (TPSA) is 58.9 Å². The third-order valence-electron chi connectivity index (χ3n) is 2.70. The molecule has 0 radical (unpaired) electrons. The summed E-state index contributed by atoms with van der Waals surface area (Å²) in [7, 11) is 0. The summed E-state index contributed by atoms with van der Waals surface area (Å²) >= 11 is 0. The van der Waals surface area contributed by atoms with Gasteiger partial charge in [-0.1, -0.05) is 24.3 Å². The van der Waals surface area contributed by atoms with Crippen LogP contribution in [0.15, 0.2) is 34.3 Å². The second-order valence-electron chi connectivity index (χ2n) is 4.67. The quantitative estimate of drug-likeness (QED) is 0.593. The predicted molar refractivity (Wildman–Crippen MR) is 68.9 cm³/mol. The Hall–Kier alpha value is -2.02. The van der Waals surface area contributed by atoms with Crippen molar-refractivity contribution in [1.29, 1.82) is 0 Å². The first-order valence-corrected chi connectivity index (χ1v) is 5.77. The van der Waals surface area contributed by atoms with Crippen molar-refractivity contribution in [3.63, 3.8) is 0 Å². The van der Waals surface area contributed by atoms with Gasteiger partial charge in [-0.25, -0.2) is 14.6 Å². The van der Waals surface area contributed by atoms with E-state index in [1.807, 2.05) is 32.9 Å². The van der Waals surface area contributed by atoms with Crippen molar-refractivity contribution in [1.82, 2.24) is 0 Å². The number of isocyanates is 2. The van der Waals surface area contributed by atoms with E-state index < -0.39 is 0 Å². The first kappa shape index (κ1) is 14.0. The van der Waals surface area contributed by atoms with Crippen molar-refractivity contribution in [2.24, 2.45) is 9.98 Å². The van der Waals surface area contributed by atoms with Crippen LogP contribution in [0.4, 0.5) is 0 Å². The summed E-state index contributed by atoms with van der Waals surface area (Å²) in [5, 5.41) is 0. The first-order chi connectivity index (χ1) is 8.51. The highest BCUT2D eigenvalue weighted by atomic mass is 16.1. The highest BCUT2D eigenvalue weighted by Gasteiger charge is 2.31. The second-order valence-corrected chi connectivity index (χ2v) is 4.67. The van der Waals surface area contributed by atoms with Crippen molar-refractivity contribution >= 4 is 12.2 Å². The Labute approximate surface area is 106 Å². The normalized spacial score (nSPS) is 19.3. The Bertz CT molecular complexity index is 512. The number of nitrogens with zero attached hydrogens (tertiary/aromatic N) is 2. The molecule has 1 aliphatic rings. The zero-order valence-corrected chi connectivity index (χ0v) is 10.8. The number of hydrogen-bond donors (Lipinski definition) is 0. The van der Waals surface area contributed by atoms with E-state index in [1.54, 1.807) is 6.08 Å². The molecule has 0 saturated carbocycles. The molecule has 0 heterocycles. The van der Waals surface area contributed by atoms with Crippen LogP contribution in [0.5, 0.6) is 0 Å². The van der Waals surface area contributed by atoms with Crippen molar-refractivity contribution in [3.05, 3.63) is 35.4 Å². The SMILES string of the molecule is CC(C)N=C=O.CC1(N=C=O)Cc2cccc1c2. The van der Waals surface area contributed by atoms with Gasteiger partial charge < -0.3 is 0 Å². The number of carbonyl (C=O) groups excluding carboxylic acids is 2. The maximum atomic E-state index is 10.2. The van der Waals surface area contributed by atoms with Gasteiger partial charge in [-0.2, -0.15) is 4.99 Å². The third-order valence-corrected chi connectivity index (χ3v) is 2.70. The lowest BCUT2D eigenvalue weighted by atomic mass is 9.97. The molecule has 0 spiro atoms. The molecule has 2 rings (SSSR count). The molecule has 18 heavy (non-hydrogen) atoms. The minimum Gasteiger partial charge on any atom is -0.211 e. The number of aliphatic imine (C=N–C) groups is 2. The van der Waals surface area contributed by atoms with Crippen LogP contribution < -0.4 is 0 Å². The zero-order chi connectivity index (χ0) is 13.6. The van der Waals surface area contributed by atoms with Crippen LogP contribution in [0, 0.1) is 0 Å². The summed E-state index contributed by atoms with van der Waals surface area (Å²) < 4.78 is 0. The fourth-order valence-electron chi connectivity index (χ4n) is 1.83. The maximum Gasteiger partial charge on any atom is 0.235 e. The smallest absolute Gasteiger partial charge is 0.211 e. The molecule has 0 saturated heterocycles. The van der Waals surface area contributed by atoms with Crippen LogP contribution in [-0.2, 0) is 21.5 Å². The molecule has 0 N–H and O–H groups in total.